The molecule has 1 aromatic rings. The van der Waals surface area contributed by atoms with E-state index >= 15 is 0 Å². The lowest BCUT2D eigenvalue weighted by atomic mass is 10.0. The van der Waals surface area contributed by atoms with Gasteiger partial charge in [-0.1, -0.05) is 13.0 Å². The highest BCUT2D eigenvalue weighted by Gasteiger charge is 2.20. The number of benzene rings is 1. The van der Waals surface area contributed by atoms with Gasteiger partial charge in [0.25, 0.3) is 0 Å². The summed E-state index contributed by atoms with van der Waals surface area (Å²) in [7, 11) is 0. The van der Waals surface area contributed by atoms with Crippen LogP contribution in [0.4, 0.5) is 5.69 Å². The normalized spacial score (nSPS) is 14.1. The summed E-state index contributed by atoms with van der Waals surface area (Å²) in [4.78, 5) is 10.4. The van der Waals surface area contributed by atoms with E-state index in [-0.39, 0.29) is 18.0 Å². The van der Waals surface area contributed by atoms with Gasteiger partial charge in [0.1, 0.15) is 6.61 Å². The molecule has 17 heavy (non-hydrogen) atoms. The lowest BCUT2D eigenvalue weighted by Crippen LogP contribution is -2.41. The highest BCUT2D eigenvalue weighted by atomic mass is 16.6. The summed E-state index contributed by atoms with van der Waals surface area (Å²) in [6.07, 6.45) is 0.743. The van der Waals surface area contributed by atoms with Gasteiger partial charge in [-0.3, -0.25) is 10.1 Å². The summed E-state index contributed by atoms with van der Waals surface area (Å²) in [6, 6.07) is 4.89. The second kappa shape index (κ2) is 5.14. The van der Waals surface area contributed by atoms with Crippen LogP contribution in [0.1, 0.15) is 25.8 Å². The van der Waals surface area contributed by atoms with Crippen molar-refractivity contribution in [1.29, 1.82) is 0 Å². The summed E-state index contributed by atoms with van der Waals surface area (Å²) >= 11 is 0. The van der Waals surface area contributed by atoms with Gasteiger partial charge in [-0.05, 0) is 31.9 Å². The van der Waals surface area contributed by atoms with Crippen molar-refractivity contribution in [3.63, 3.8) is 0 Å². The maximum atomic E-state index is 10.9. The van der Waals surface area contributed by atoms with Gasteiger partial charge in [-0.25, -0.2) is 0 Å². The Morgan fingerprint density at radius 2 is 2.18 bits per heavy atom. The van der Waals surface area contributed by atoms with Crippen LogP contribution in [0.25, 0.3) is 0 Å². The molecule has 0 bridgehead atoms. The van der Waals surface area contributed by atoms with Crippen LogP contribution in [0.3, 0.4) is 0 Å². The minimum absolute atomic E-state index is 0.0168. The van der Waals surface area contributed by atoms with Crippen LogP contribution in [-0.2, 0) is 0 Å². The van der Waals surface area contributed by atoms with Crippen LogP contribution in [0.5, 0.6) is 5.75 Å². The van der Waals surface area contributed by atoms with E-state index in [2.05, 4.69) is 0 Å². The Kier molecular flexibility index (Phi) is 4.07. The van der Waals surface area contributed by atoms with E-state index in [0.717, 1.165) is 12.0 Å². The molecular weight excluding hydrogens is 220 g/mol. The number of aryl methyl sites for hydroxylation is 1. The molecule has 0 radical (unpaired) electrons. The topological polar surface area (TPSA) is 78.4 Å². The molecule has 0 aliphatic rings. The van der Waals surface area contributed by atoms with Crippen molar-refractivity contribution in [2.45, 2.75) is 32.7 Å². The predicted octanol–water partition coefficient (Wildman–Crippen LogP) is 2.41. The van der Waals surface area contributed by atoms with E-state index in [9.17, 15) is 10.1 Å². The first kappa shape index (κ1) is 13.4. The van der Waals surface area contributed by atoms with Crippen LogP contribution in [0, 0.1) is 17.0 Å². The summed E-state index contributed by atoms with van der Waals surface area (Å²) in [5.74, 6) is 0.269. The molecule has 2 N–H and O–H groups in total. The predicted molar refractivity (Wildman–Crippen MR) is 66.2 cm³/mol. The van der Waals surface area contributed by atoms with Crippen molar-refractivity contribution < 1.29 is 9.66 Å². The van der Waals surface area contributed by atoms with Crippen LogP contribution < -0.4 is 10.5 Å². The zero-order chi connectivity index (χ0) is 13.1. The van der Waals surface area contributed by atoms with Gasteiger partial charge in [0.15, 0.2) is 5.75 Å². The number of hydrogen-bond acceptors (Lipinski definition) is 4. The average Bonchev–Trinajstić information content (AvgIpc) is 2.27. The third-order valence-corrected chi connectivity index (χ3v) is 2.68. The van der Waals surface area contributed by atoms with Gasteiger partial charge >= 0.3 is 5.69 Å². The van der Waals surface area contributed by atoms with E-state index in [0.29, 0.717) is 0 Å². The first-order valence-corrected chi connectivity index (χ1v) is 5.52. The van der Waals surface area contributed by atoms with Crippen molar-refractivity contribution in [1.82, 2.24) is 0 Å². The monoisotopic (exact) mass is 238 g/mol. The zero-order valence-corrected chi connectivity index (χ0v) is 10.4. The zero-order valence-electron chi connectivity index (χ0n) is 10.4. The summed E-state index contributed by atoms with van der Waals surface area (Å²) < 4.78 is 5.44. The molecule has 0 aliphatic heterocycles. The molecule has 5 nitrogen and oxygen atoms in total. The molecule has 0 amide bonds. The molecule has 0 heterocycles. The van der Waals surface area contributed by atoms with E-state index in [1.165, 1.54) is 6.07 Å². The number of hydrogen-bond donors (Lipinski definition) is 1. The second-order valence-electron chi connectivity index (χ2n) is 4.52. The van der Waals surface area contributed by atoms with Crippen molar-refractivity contribution in [3.05, 3.63) is 33.9 Å². The number of nitrogens with two attached hydrogens (primary N) is 1. The van der Waals surface area contributed by atoms with Gasteiger partial charge in [-0.15, -0.1) is 0 Å². The van der Waals surface area contributed by atoms with Gasteiger partial charge < -0.3 is 10.5 Å². The molecule has 0 saturated heterocycles. The Hall–Kier alpha value is -1.62. The smallest absolute Gasteiger partial charge is 0.311 e. The number of rotatable bonds is 5. The molecular formula is C12H18N2O3. The molecule has 1 unspecified atom stereocenters. The SMILES string of the molecule is CCC(C)(N)COc1ccc(C)cc1[N+](=O)[O-]. The maximum absolute atomic E-state index is 10.9. The standard InChI is InChI=1S/C12H18N2O3/c1-4-12(3,13)8-17-11-6-5-9(2)7-10(11)14(15)16/h5-7H,4,8,13H2,1-3H3. The molecule has 0 fully saturated rings. The molecule has 94 valence electrons. The maximum Gasteiger partial charge on any atom is 0.311 e. The van der Waals surface area contributed by atoms with Crippen molar-refractivity contribution in [2.24, 2.45) is 5.73 Å². The molecule has 1 aromatic carbocycles. The molecule has 0 saturated carbocycles. The Labute approximate surface area is 101 Å². The fourth-order valence-corrected chi connectivity index (χ4v) is 1.24. The van der Waals surface area contributed by atoms with E-state index < -0.39 is 10.5 Å². The summed E-state index contributed by atoms with van der Waals surface area (Å²) in [6.45, 7) is 5.86. The Morgan fingerprint density at radius 3 is 2.71 bits per heavy atom. The minimum atomic E-state index is -0.473. The first-order valence-electron chi connectivity index (χ1n) is 5.52. The fourth-order valence-electron chi connectivity index (χ4n) is 1.24. The number of nitro groups is 1. The largest absolute Gasteiger partial charge is 0.485 e. The molecule has 5 heteroatoms. The van der Waals surface area contributed by atoms with E-state index in [4.69, 9.17) is 10.5 Å². The molecule has 0 aliphatic carbocycles. The van der Waals surface area contributed by atoms with Crippen LogP contribution >= 0.6 is 0 Å². The molecule has 1 atom stereocenters. The van der Waals surface area contributed by atoms with E-state index in [1.54, 1.807) is 19.1 Å². The van der Waals surface area contributed by atoms with E-state index in [1.807, 2.05) is 13.8 Å². The number of ether oxygens (including phenoxy) is 1. The van der Waals surface area contributed by atoms with Gasteiger partial charge in [-0.2, -0.15) is 0 Å². The number of nitrogens with zero attached hydrogens (tertiary/aromatic N) is 1. The third-order valence-electron chi connectivity index (χ3n) is 2.68. The fraction of sp³-hybridized carbons (Fsp3) is 0.500. The van der Waals surface area contributed by atoms with Crippen molar-refractivity contribution in [2.75, 3.05) is 6.61 Å². The van der Waals surface area contributed by atoms with Gasteiger partial charge in [0.2, 0.25) is 0 Å². The lowest BCUT2D eigenvalue weighted by Gasteiger charge is -2.22. The average molecular weight is 238 g/mol. The minimum Gasteiger partial charge on any atom is -0.485 e. The lowest BCUT2D eigenvalue weighted by molar-refractivity contribution is -0.386. The second-order valence-corrected chi connectivity index (χ2v) is 4.52. The van der Waals surface area contributed by atoms with Crippen LogP contribution in [0.2, 0.25) is 0 Å². The van der Waals surface area contributed by atoms with Crippen LogP contribution in [-0.4, -0.2) is 17.1 Å². The van der Waals surface area contributed by atoms with Crippen molar-refractivity contribution >= 4 is 5.69 Å². The molecule has 0 spiro atoms. The Balaban J connectivity index is 2.88. The highest BCUT2D eigenvalue weighted by molar-refractivity contribution is 5.48. The quantitative estimate of drug-likeness (QED) is 0.631. The number of nitro benzene ring substituents is 1. The summed E-state index contributed by atoms with van der Waals surface area (Å²) in [5, 5.41) is 10.9. The molecule has 1 rings (SSSR count). The van der Waals surface area contributed by atoms with Crippen LogP contribution in [0.15, 0.2) is 18.2 Å². The van der Waals surface area contributed by atoms with Crippen molar-refractivity contribution in [3.8, 4) is 5.75 Å². The van der Waals surface area contributed by atoms with Gasteiger partial charge in [0, 0.05) is 11.6 Å². The summed E-state index contributed by atoms with van der Waals surface area (Å²) in [5.41, 5.74) is 6.26. The molecule has 0 aromatic heterocycles. The highest BCUT2D eigenvalue weighted by Crippen LogP contribution is 2.28. The first-order chi connectivity index (χ1) is 7.85. The third kappa shape index (κ3) is 3.71. The Morgan fingerprint density at radius 1 is 1.53 bits per heavy atom. The Bertz CT molecular complexity index is 416. The van der Waals surface area contributed by atoms with Gasteiger partial charge in [0.05, 0.1) is 4.92 Å².